The summed E-state index contributed by atoms with van der Waals surface area (Å²) in [4.78, 5) is 38.3. The van der Waals surface area contributed by atoms with E-state index in [2.05, 4.69) is 15.3 Å². The van der Waals surface area contributed by atoms with Gasteiger partial charge in [0.25, 0.3) is 5.91 Å². The van der Waals surface area contributed by atoms with E-state index < -0.39 is 0 Å². The first kappa shape index (κ1) is 21.4. The van der Waals surface area contributed by atoms with Crippen molar-refractivity contribution in [3.05, 3.63) is 78.8 Å². The Hall–Kier alpha value is -4.40. The predicted molar refractivity (Wildman–Crippen MR) is 128 cm³/mol. The first-order valence-electron chi connectivity index (χ1n) is 11.0. The molecule has 1 aliphatic rings. The van der Waals surface area contributed by atoms with Gasteiger partial charge in [0, 0.05) is 55.8 Å². The standard InChI is InChI=1S/C25H24N6O3/c1-34-19-9-7-18(8-10-19)28-25(33)30-15-13-29(14-16-30)23(32)21-17-31(24-26-11-4-12-27-24)22-6-3-2-5-20(21)22/h2-12,17H,13-16H2,1H3,(H,28,33). The van der Waals surface area contributed by atoms with E-state index in [4.69, 9.17) is 4.74 Å². The molecule has 9 heteroatoms. The molecule has 0 unspecified atom stereocenters. The predicted octanol–water partition coefficient (Wildman–Crippen LogP) is 3.42. The second kappa shape index (κ2) is 9.22. The van der Waals surface area contributed by atoms with Crippen LogP contribution in [-0.4, -0.2) is 69.6 Å². The molecule has 0 saturated carbocycles. The Balaban J connectivity index is 1.28. The Morgan fingerprint density at radius 2 is 1.56 bits per heavy atom. The lowest BCUT2D eigenvalue weighted by molar-refractivity contribution is 0.0673. The molecule has 1 saturated heterocycles. The Labute approximate surface area is 196 Å². The average molecular weight is 457 g/mol. The van der Waals surface area contributed by atoms with Gasteiger partial charge in [0.2, 0.25) is 5.95 Å². The second-order valence-electron chi connectivity index (χ2n) is 7.92. The summed E-state index contributed by atoms with van der Waals surface area (Å²) >= 11 is 0. The first-order chi connectivity index (χ1) is 16.6. The fourth-order valence-electron chi connectivity index (χ4n) is 4.09. The van der Waals surface area contributed by atoms with Gasteiger partial charge in [-0.3, -0.25) is 9.36 Å². The highest BCUT2D eigenvalue weighted by Gasteiger charge is 2.27. The third-order valence-electron chi connectivity index (χ3n) is 5.91. The van der Waals surface area contributed by atoms with Gasteiger partial charge in [0.05, 0.1) is 18.2 Å². The number of nitrogens with one attached hydrogen (secondary N) is 1. The molecule has 172 valence electrons. The molecule has 3 amide bonds. The van der Waals surface area contributed by atoms with Gasteiger partial charge >= 0.3 is 6.03 Å². The molecule has 1 N–H and O–H groups in total. The minimum atomic E-state index is -0.185. The lowest BCUT2D eigenvalue weighted by atomic mass is 10.1. The summed E-state index contributed by atoms with van der Waals surface area (Å²) in [5, 5.41) is 3.74. The molecule has 0 spiro atoms. The van der Waals surface area contributed by atoms with E-state index in [0.717, 1.165) is 16.7 Å². The fourth-order valence-corrected chi connectivity index (χ4v) is 4.09. The molecule has 0 atom stereocenters. The maximum Gasteiger partial charge on any atom is 0.321 e. The van der Waals surface area contributed by atoms with Crippen LogP contribution in [0.5, 0.6) is 5.75 Å². The van der Waals surface area contributed by atoms with E-state index >= 15 is 0 Å². The minimum absolute atomic E-state index is 0.0684. The molecule has 0 aliphatic carbocycles. The summed E-state index contributed by atoms with van der Waals surface area (Å²) in [5.41, 5.74) is 2.16. The number of benzene rings is 2. The van der Waals surface area contributed by atoms with Crippen molar-refractivity contribution < 1.29 is 14.3 Å². The first-order valence-corrected chi connectivity index (χ1v) is 11.0. The smallest absolute Gasteiger partial charge is 0.321 e. The van der Waals surface area contributed by atoms with Crippen LogP contribution in [0.2, 0.25) is 0 Å². The van der Waals surface area contributed by atoms with Crippen LogP contribution < -0.4 is 10.1 Å². The molecule has 2 aromatic carbocycles. The van der Waals surface area contributed by atoms with Crippen LogP contribution in [0.3, 0.4) is 0 Å². The number of para-hydroxylation sites is 1. The van der Waals surface area contributed by atoms with E-state index in [-0.39, 0.29) is 11.9 Å². The highest BCUT2D eigenvalue weighted by atomic mass is 16.5. The highest BCUT2D eigenvalue weighted by molar-refractivity contribution is 6.07. The van der Waals surface area contributed by atoms with Gasteiger partial charge in [-0.25, -0.2) is 14.8 Å². The van der Waals surface area contributed by atoms with Crippen molar-refractivity contribution in [2.24, 2.45) is 0 Å². The van der Waals surface area contributed by atoms with Crippen LogP contribution in [0.15, 0.2) is 73.2 Å². The van der Waals surface area contributed by atoms with E-state index in [1.54, 1.807) is 65.8 Å². The lowest BCUT2D eigenvalue weighted by Gasteiger charge is -2.34. The van der Waals surface area contributed by atoms with Crippen molar-refractivity contribution in [1.82, 2.24) is 24.3 Å². The van der Waals surface area contributed by atoms with Gasteiger partial charge in [0.1, 0.15) is 5.75 Å². The van der Waals surface area contributed by atoms with E-state index in [1.165, 1.54) is 0 Å². The minimum Gasteiger partial charge on any atom is -0.497 e. The molecule has 9 nitrogen and oxygen atoms in total. The molecule has 3 heterocycles. The van der Waals surface area contributed by atoms with Crippen LogP contribution in [0.4, 0.5) is 10.5 Å². The second-order valence-corrected chi connectivity index (χ2v) is 7.92. The number of rotatable bonds is 4. The zero-order valence-corrected chi connectivity index (χ0v) is 18.7. The third-order valence-corrected chi connectivity index (χ3v) is 5.91. The van der Waals surface area contributed by atoms with Crippen molar-refractivity contribution in [3.63, 3.8) is 0 Å². The zero-order chi connectivity index (χ0) is 23.5. The number of fused-ring (bicyclic) bond motifs is 1. The summed E-state index contributed by atoms with van der Waals surface area (Å²) < 4.78 is 6.98. The molecular formula is C25H24N6O3. The average Bonchev–Trinajstić information content (AvgIpc) is 3.29. The Bertz CT molecular complexity index is 1310. The number of amides is 3. The van der Waals surface area contributed by atoms with Gasteiger partial charge in [-0.15, -0.1) is 0 Å². The lowest BCUT2D eigenvalue weighted by Crippen LogP contribution is -2.51. The summed E-state index contributed by atoms with van der Waals surface area (Å²) in [6, 6.07) is 16.5. The zero-order valence-electron chi connectivity index (χ0n) is 18.7. The Morgan fingerprint density at radius 1 is 0.882 bits per heavy atom. The molecule has 5 rings (SSSR count). The van der Waals surface area contributed by atoms with Gasteiger partial charge in [-0.2, -0.15) is 0 Å². The summed E-state index contributed by atoms with van der Waals surface area (Å²) in [5.74, 6) is 1.17. The van der Waals surface area contributed by atoms with Crippen molar-refractivity contribution in [2.75, 3.05) is 38.6 Å². The summed E-state index contributed by atoms with van der Waals surface area (Å²) in [6.07, 6.45) is 5.15. The third kappa shape index (κ3) is 4.15. The van der Waals surface area contributed by atoms with Crippen molar-refractivity contribution in [2.45, 2.75) is 0 Å². The topological polar surface area (TPSA) is 92.6 Å². The number of hydrogen-bond donors (Lipinski definition) is 1. The summed E-state index contributed by atoms with van der Waals surface area (Å²) in [6.45, 7) is 1.81. The fraction of sp³-hybridized carbons (Fsp3) is 0.200. The van der Waals surface area contributed by atoms with Crippen molar-refractivity contribution >= 4 is 28.5 Å². The van der Waals surface area contributed by atoms with E-state index in [1.807, 2.05) is 28.8 Å². The van der Waals surface area contributed by atoms with Crippen LogP contribution in [-0.2, 0) is 0 Å². The van der Waals surface area contributed by atoms with Crippen LogP contribution >= 0.6 is 0 Å². The number of urea groups is 1. The van der Waals surface area contributed by atoms with Gasteiger partial charge in [0.15, 0.2) is 0 Å². The Kier molecular flexibility index (Phi) is 5.82. The maximum atomic E-state index is 13.4. The number of methoxy groups -OCH3 is 1. The van der Waals surface area contributed by atoms with Gasteiger partial charge in [-0.1, -0.05) is 18.2 Å². The largest absolute Gasteiger partial charge is 0.497 e. The van der Waals surface area contributed by atoms with Crippen LogP contribution in [0.1, 0.15) is 10.4 Å². The molecule has 2 aromatic heterocycles. The monoisotopic (exact) mass is 456 g/mol. The molecule has 34 heavy (non-hydrogen) atoms. The molecule has 1 fully saturated rings. The molecular weight excluding hydrogens is 432 g/mol. The maximum absolute atomic E-state index is 13.4. The number of carbonyl (C=O) groups is 2. The molecule has 0 radical (unpaired) electrons. The van der Waals surface area contributed by atoms with E-state index in [0.29, 0.717) is 43.4 Å². The van der Waals surface area contributed by atoms with Gasteiger partial charge in [-0.05, 0) is 36.4 Å². The van der Waals surface area contributed by atoms with Crippen molar-refractivity contribution in [3.8, 4) is 11.7 Å². The highest BCUT2D eigenvalue weighted by Crippen LogP contribution is 2.25. The van der Waals surface area contributed by atoms with Crippen LogP contribution in [0.25, 0.3) is 16.9 Å². The van der Waals surface area contributed by atoms with Crippen LogP contribution in [0, 0.1) is 0 Å². The number of piperazine rings is 1. The number of carbonyl (C=O) groups excluding carboxylic acids is 2. The quantitative estimate of drug-likeness (QED) is 0.508. The number of aromatic nitrogens is 3. The SMILES string of the molecule is COc1ccc(NC(=O)N2CCN(C(=O)c3cn(-c4ncccn4)c4ccccc34)CC2)cc1. The molecule has 1 aliphatic heterocycles. The molecule has 0 bridgehead atoms. The number of hydrogen-bond acceptors (Lipinski definition) is 5. The van der Waals surface area contributed by atoms with Gasteiger partial charge < -0.3 is 19.9 Å². The number of ether oxygens (including phenoxy) is 1. The molecule has 4 aromatic rings. The van der Waals surface area contributed by atoms with E-state index in [9.17, 15) is 9.59 Å². The summed E-state index contributed by atoms with van der Waals surface area (Å²) in [7, 11) is 1.60. The normalized spacial score (nSPS) is 13.7. The van der Waals surface area contributed by atoms with Crippen molar-refractivity contribution in [1.29, 1.82) is 0 Å². The Morgan fingerprint density at radius 3 is 2.26 bits per heavy atom. The number of nitrogens with zero attached hydrogens (tertiary/aromatic N) is 5. The number of anilines is 1.